The van der Waals surface area contributed by atoms with Crippen LogP contribution >= 0.6 is 15.9 Å². The van der Waals surface area contributed by atoms with Gasteiger partial charge in [0.2, 0.25) is 5.91 Å². The van der Waals surface area contributed by atoms with Crippen molar-refractivity contribution in [3.8, 4) is 0 Å². The molecule has 0 bridgehead atoms. The van der Waals surface area contributed by atoms with E-state index in [4.69, 9.17) is 0 Å². The minimum Gasteiger partial charge on any atom is -0.339 e. The smallest absolute Gasteiger partial charge is 0.238 e. The predicted octanol–water partition coefficient (Wildman–Crippen LogP) is 1.96. The number of hydrogen-bond acceptors (Lipinski definition) is 2. The molecular formula is C12H23BrN2O. The summed E-state index contributed by atoms with van der Waals surface area (Å²) in [6, 6.07) is 0. The lowest BCUT2D eigenvalue weighted by Crippen LogP contribution is -2.53. The Labute approximate surface area is 107 Å². The molecule has 4 heteroatoms. The highest BCUT2D eigenvalue weighted by Crippen LogP contribution is 2.20. The largest absolute Gasteiger partial charge is 0.339 e. The maximum absolute atomic E-state index is 12.0. The van der Waals surface area contributed by atoms with Crippen molar-refractivity contribution in [1.82, 2.24) is 9.80 Å². The maximum Gasteiger partial charge on any atom is 0.238 e. The van der Waals surface area contributed by atoms with Gasteiger partial charge in [0, 0.05) is 32.7 Å². The molecule has 94 valence electrons. The van der Waals surface area contributed by atoms with Crippen molar-refractivity contribution in [3.63, 3.8) is 0 Å². The van der Waals surface area contributed by atoms with E-state index in [0.717, 1.165) is 32.7 Å². The van der Waals surface area contributed by atoms with Gasteiger partial charge in [0.1, 0.15) is 0 Å². The second-order valence-corrected chi connectivity index (χ2v) is 7.44. The van der Waals surface area contributed by atoms with Gasteiger partial charge in [-0.1, -0.05) is 29.8 Å². The van der Waals surface area contributed by atoms with Crippen molar-refractivity contribution in [1.29, 1.82) is 0 Å². The molecule has 0 aromatic heterocycles. The summed E-state index contributed by atoms with van der Waals surface area (Å²) in [5.74, 6) is 0.909. The lowest BCUT2D eigenvalue weighted by molar-refractivity contribution is -0.134. The van der Waals surface area contributed by atoms with E-state index in [2.05, 4.69) is 34.7 Å². The van der Waals surface area contributed by atoms with Gasteiger partial charge in [-0.2, -0.15) is 0 Å². The zero-order valence-corrected chi connectivity index (χ0v) is 12.4. The van der Waals surface area contributed by atoms with Gasteiger partial charge in [-0.25, -0.2) is 0 Å². The number of carbonyl (C=O) groups excluding carboxylic acids is 1. The first-order valence-electron chi connectivity index (χ1n) is 6.01. The average molecular weight is 291 g/mol. The summed E-state index contributed by atoms with van der Waals surface area (Å²) in [5, 5.41) is 0. The van der Waals surface area contributed by atoms with Gasteiger partial charge < -0.3 is 4.90 Å². The Hall–Kier alpha value is -0.0900. The van der Waals surface area contributed by atoms with E-state index in [1.54, 1.807) is 0 Å². The summed E-state index contributed by atoms with van der Waals surface area (Å²) in [4.78, 5) is 16.4. The highest BCUT2D eigenvalue weighted by molar-refractivity contribution is 9.10. The molecule has 1 rings (SSSR count). The zero-order chi connectivity index (χ0) is 12.3. The first-order chi connectivity index (χ1) is 7.30. The van der Waals surface area contributed by atoms with Gasteiger partial charge in [0.25, 0.3) is 0 Å². The Bertz CT molecular complexity index is 240. The summed E-state index contributed by atoms with van der Waals surface area (Å²) in [7, 11) is 0. The highest BCUT2D eigenvalue weighted by atomic mass is 79.9. The Morgan fingerprint density at radius 2 is 1.75 bits per heavy atom. The third-order valence-corrected chi connectivity index (χ3v) is 3.13. The molecule has 0 saturated carbocycles. The summed E-state index contributed by atoms with van der Waals surface area (Å²) < 4.78 is -0.423. The van der Waals surface area contributed by atoms with E-state index < -0.39 is 4.32 Å². The van der Waals surface area contributed by atoms with Crippen LogP contribution in [0.4, 0.5) is 0 Å². The maximum atomic E-state index is 12.0. The zero-order valence-electron chi connectivity index (χ0n) is 10.8. The van der Waals surface area contributed by atoms with Crippen LogP contribution in [0.5, 0.6) is 0 Å². The van der Waals surface area contributed by atoms with Gasteiger partial charge in [0.05, 0.1) is 4.32 Å². The van der Waals surface area contributed by atoms with Crippen LogP contribution in [0, 0.1) is 5.92 Å². The van der Waals surface area contributed by atoms with Crippen LogP contribution < -0.4 is 0 Å². The van der Waals surface area contributed by atoms with Crippen molar-refractivity contribution < 1.29 is 4.79 Å². The molecule has 1 saturated heterocycles. The van der Waals surface area contributed by atoms with Crippen LogP contribution in [-0.2, 0) is 4.79 Å². The summed E-state index contributed by atoms with van der Waals surface area (Å²) in [6.07, 6.45) is 0. The fraction of sp³-hybridized carbons (Fsp3) is 0.917. The summed E-state index contributed by atoms with van der Waals surface area (Å²) in [6.45, 7) is 13.2. The van der Waals surface area contributed by atoms with Gasteiger partial charge in [-0.15, -0.1) is 0 Å². The molecule has 0 aromatic rings. The topological polar surface area (TPSA) is 23.6 Å². The van der Waals surface area contributed by atoms with Crippen LogP contribution in [0.15, 0.2) is 0 Å². The normalized spacial score (nSPS) is 19.2. The number of piperazine rings is 1. The molecule has 1 fully saturated rings. The predicted molar refractivity (Wildman–Crippen MR) is 70.9 cm³/mol. The number of hydrogen-bond donors (Lipinski definition) is 0. The number of carbonyl (C=O) groups is 1. The van der Waals surface area contributed by atoms with E-state index in [9.17, 15) is 4.79 Å². The van der Waals surface area contributed by atoms with E-state index in [1.807, 2.05) is 18.7 Å². The van der Waals surface area contributed by atoms with Crippen LogP contribution in [0.3, 0.4) is 0 Å². The third-order valence-electron chi connectivity index (χ3n) is 2.79. The van der Waals surface area contributed by atoms with Crippen LogP contribution in [0.1, 0.15) is 27.7 Å². The molecule has 1 aliphatic rings. The molecule has 0 aromatic carbocycles. The first-order valence-corrected chi connectivity index (χ1v) is 6.80. The molecule has 0 atom stereocenters. The number of alkyl halides is 1. The quantitative estimate of drug-likeness (QED) is 0.742. The number of halogens is 1. The molecule has 3 nitrogen and oxygen atoms in total. The Kier molecular flexibility index (Phi) is 4.80. The molecular weight excluding hydrogens is 268 g/mol. The average Bonchev–Trinajstić information content (AvgIpc) is 2.15. The van der Waals surface area contributed by atoms with Crippen LogP contribution in [-0.4, -0.2) is 52.8 Å². The summed E-state index contributed by atoms with van der Waals surface area (Å²) in [5.41, 5.74) is 0. The molecule has 0 unspecified atom stereocenters. The van der Waals surface area contributed by atoms with E-state index in [-0.39, 0.29) is 5.91 Å². The van der Waals surface area contributed by atoms with E-state index >= 15 is 0 Å². The lowest BCUT2D eigenvalue weighted by atomic mass is 10.1. The molecule has 1 heterocycles. The van der Waals surface area contributed by atoms with Gasteiger partial charge in [0.15, 0.2) is 0 Å². The van der Waals surface area contributed by atoms with Crippen molar-refractivity contribution in [2.75, 3.05) is 32.7 Å². The van der Waals surface area contributed by atoms with Crippen molar-refractivity contribution in [2.24, 2.45) is 5.92 Å². The van der Waals surface area contributed by atoms with Crippen LogP contribution in [0.2, 0.25) is 0 Å². The number of amides is 1. The van der Waals surface area contributed by atoms with Crippen molar-refractivity contribution in [3.05, 3.63) is 0 Å². The molecule has 1 aliphatic heterocycles. The second-order valence-electron chi connectivity index (χ2n) is 5.46. The molecule has 0 aliphatic carbocycles. The Morgan fingerprint density at radius 1 is 1.25 bits per heavy atom. The lowest BCUT2D eigenvalue weighted by Gasteiger charge is -2.37. The van der Waals surface area contributed by atoms with Crippen LogP contribution in [0.25, 0.3) is 0 Å². The fourth-order valence-corrected chi connectivity index (χ4v) is 2.28. The standard InChI is InChI=1S/C12H23BrN2O/c1-10(2)9-14-5-7-15(8-6-14)11(16)12(3,4)13/h10H,5-9H2,1-4H3. The molecule has 16 heavy (non-hydrogen) atoms. The third kappa shape index (κ3) is 4.06. The molecule has 1 amide bonds. The number of nitrogens with zero attached hydrogens (tertiary/aromatic N) is 2. The van der Waals surface area contributed by atoms with Gasteiger partial charge in [-0.3, -0.25) is 9.69 Å². The minimum absolute atomic E-state index is 0.205. The first kappa shape index (κ1) is 14.0. The molecule has 0 radical (unpaired) electrons. The SMILES string of the molecule is CC(C)CN1CCN(C(=O)C(C)(C)Br)CC1. The molecule has 0 spiro atoms. The summed E-state index contributed by atoms with van der Waals surface area (Å²) >= 11 is 3.43. The number of rotatable bonds is 3. The highest BCUT2D eigenvalue weighted by Gasteiger charge is 2.31. The second kappa shape index (κ2) is 5.50. The van der Waals surface area contributed by atoms with Crippen molar-refractivity contribution >= 4 is 21.8 Å². The van der Waals surface area contributed by atoms with Crippen molar-refractivity contribution in [2.45, 2.75) is 32.0 Å². The fourth-order valence-electron chi connectivity index (χ4n) is 2.03. The van der Waals surface area contributed by atoms with Gasteiger partial charge in [-0.05, 0) is 19.8 Å². The van der Waals surface area contributed by atoms with Gasteiger partial charge >= 0.3 is 0 Å². The monoisotopic (exact) mass is 290 g/mol. The molecule has 0 N–H and O–H groups in total. The van der Waals surface area contributed by atoms with E-state index in [1.165, 1.54) is 0 Å². The van der Waals surface area contributed by atoms with E-state index in [0.29, 0.717) is 5.92 Å². The minimum atomic E-state index is -0.423. The Morgan fingerprint density at radius 3 is 2.12 bits per heavy atom. The Balaban J connectivity index is 2.40.